The molecule has 1 aromatic rings. The van der Waals surface area contributed by atoms with E-state index in [9.17, 15) is 14.5 Å². The number of piperidine rings is 1. The van der Waals surface area contributed by atoms with E-state index < -0.39 is 16.4 Å². The first-order valence-electron chi connectivity index (χ1n) is 5.84. The molecule has 0 saturated carbocycles. The molecule has 0 N–H and O–H groups in total. The number of rotatable bonds is 3. The number of hydrogen-bond donors (Lipinski definition) is 0. The topological polar surface area (TPSA) is 46.4 Å². The van der Waals surface area contributed by atoms with Crippen LogP contribution in [0.5, 0.6) is 0 Å². The Labute approximate surface area is 109 Å². The van der Waals surface area contributed by atoms with E-state index >= 15 is 0 Å². The third-order valence-corrected chi connectivity index (χ3v) is 4.40. The highest BCUT2D eigenvalue weighted by Gasteiger charge is 2.27. The standard InChI is InChI=1S/C12H15FN2O2S/c1-18-9-5-7-14(8-6-9)11-4-2-3-10(13)12(11)15(16)17/h2-4,9H,5-8H2,1H3. The molecular weight excluding hydrogens is 255 g/mol. The number of nitro groups is 1. The highest BCUT2D eigenvalue weighted by Crippen LogP contribution is 2.33. The van der Waals surface area contributed by atoms with Crippen LogP contribution in [0, 0.1) is 15.9 Å². The Morgan fingerprint density at radius 3 is 2.67 bits per heavy atom. The molecule has 1 fully saturated rings. The minimum absolute atomic E-state index is 0.402. The van der Waals surface area contributed by atoms with E-state index in [0.29, 0.717) is 10.9 Å². The minimum Gasteiger partial charge on any atom is -0.366 e. The summed E-state index contributed by atoms with van der Waals surface area (Å²) >= 11 is 1.82. The molecule has 0 unspecified atom stereocenters. The maximum Gasteiger partial charge on any atom is 0.327 e. The third kappa shape index (κ3) is 2.58. The maximum absolute atomic E-state index is 13.5. The van der Waals surface area contributed by atoms with Gasteiger partial charge in [-0.3, -0.25) is 10.1 Å². The van der Waals surface area contributed by atoms with Crippen molar-refractivity contribution >= 4 is 23.1 Å². The number of para-hydroxylation sites is 1. The van der Waals surface area contributed by atoms with Gasteiger partial charge in [0.05, 0.1) is 4.92 Å². The van der Waals surface area contributed by atoms with E-state index in [0.717, 1.165) is 32.0 Å². The first-order valence-corrected chi connectivity index (χ1v) is 7.13. The average Bonchev–Trinajstić information content (AvgIpc) is 2.38. The number of hydrogen-bond acceptors (Lipinski definition) is 4. The van der Waals surface area contributed by atoms with Crippen LogP contribution in [0.15, 0.2) is 18.2 Å². The van der Waals surface area contributed by atoms with Gasteiger partial charge in [0.2, 0.25) is 5.82 Å². The smallest absolute Gasteiger partial charge is 0.327 e. The summed E-state index contributed by atoms with van der Waals surface area (Å²) in [5.41, 5.74) is -0.000320. The second-order valence-corrected chi connectivity index (χ2v) is 5.42. The summed E-state index contributed by atoms with van der Waals surface area (Å²) in [6, 6.07) is 4.29. The van der Waals surface area contributed by atoms with E-state index in [4.69, 9.17) is 0 Å². The largest absolute Gasteiger partial charge is 0.366 e. The Hall–Kier alpha value is -1.30. The highest BCUT2D eigenvalue weighted by molar-refractivity contribution is 7.99. The molecule has 98 valence electrons. The van der Waals surface area contributed by atoms with Crippen LogP contribution in [-0.4, -0.2) is 29.5 Å². The molecule has 1 aromatic carbocycles. The number of nitrogens with zero attached hydrogens (tertiary/aromatic N) is 2. The van der Waals surface area contributed by atoms with Crippen LogP contribution in [0.4, 0.5) is 15.8 Å². The summed E-state index contributed by atoms with van der Waals surface area (Å²) in [6.45, 7) is 1.49. The van der Waals surface area contributed by atoms with E-state index in [1.165, 1.54) is 6.07 Å². The molecule has 0 aromatic heterocycles. The first-order chi connectivity index (χ1) is 8.63. The van der Waals surface area contributed by atoms with Crippen molar-refractivity contribution < 1.29 is 9.31 Å². The summed E-state index contributed by atoms with van der Waals surface area (Å²) in [6.07, 6.45) is 4.04. The van der Waals surface area contributed by atoms with Crippen LogP contribution in [0.1, 0.15) is 12.8 Å². The molecule has 18 heavy (non-hydrogen) atoms. The van der Waals surface area contributed by atoms with Gasteiger partial charge in [-0.15, -0.1) is 0 Å². The molecule has 6 heteroatoms. The molecule has 1 saturated heterocycles. The fourth-order valence-corrected chi connectivity index (χ4v) is 2.95. The van der Waals surface area contributed by atoms with Crippen LogP contribution >= 0.6 is 11.8 Å². The van der Waals surface area contributed by atoms with Crippen molar-refractivity contribution in [2.75, 3.05) is 24.2 Å². The normalized spacial score (nSPS) is 16.9. The lowest BCUT2D eigenvalue weighted by molar-refractivity contribution is -0.386. The lowest BCUT2D eigenvalue weighted by Crippen LogP contribution is -2.35. The summed E-state index contributed by atoms with van der Waals surface area (Å²) in [7, 11) is 0. The zero-order chi connectivity index (χ0) is 13.1. The van der Waals surface area contributed by atoms with Gasteiger partial charge >= 0.3 is 5.69 Å². The fourth-order valence-electron chi connectivity index (χ4n) is 2.27. The van der Waals surface area contributed by atoms with Crippen LogP contribution in [0.2, 0.25) is 0 Å². The van der Waals surface area contributed by atoms with Gasteiger partial charge in [0.1, 0.15) is 5.69 Å². The summed E-state index contributed by atoms with van der Waals surface area (Å²) in [5, 5.41) is 11.5. The summed E-state index contributed by atoms with van der Waals surface area (Å²) < 4.78 is 13.5. The number of halogens is 1. The molecule has 4 nitrogen and oxygen atoms in total. The van der Waals surface area contributed by atoms with Crippen molar-refractivity contribution in [3.63, 3.8) is 0 Å². The summed E-state index contributed by atoms with van der Waals surface area (Å²) in [5.74, 6) is -0.760. The Balaban J connectivity index is 2.24. The summed E-state index contributed by atoms with van der Waals surface area (Å²) in [4.78, 5) is 12.2. The van der Waals surface area contributed by atoms with Gasteiger partial charge < -0.3 is 4.90 Å². The molecule has 0 bridgehead atoms. The van der Waals surface area contributed by atoms with E-state index in [2.05, 4.69) is 6.26 Å². The Bertz CT molecular complexity index is 448. The average molecular weight is 270 g/mol. The molecule has 0 spiro atoms. The van der Waals surface area contributed by atoms with Gasteiger partial charge in [-0.25, -0.2) is 0 Å². The predicted octanol–water partition coefficient (Wildman–Crippen LogP) is 3.07. The van der Waals surface area contributed by atoms with Crippen molar-refractivity contribution in [1.29, 1.82) is 0 Å². The van der Waals surface area contributed by atoms with Crippen LogP contribution < -0.4 is 4.90 Å². The molecular formula is C12H15FN2O2S. The second kappa shape index (κ2) is 5.56. The molecule has 1 heterocycles. The van der Waals surface area contributed by atoms with Gasteiger partial charge in [0.15, 0.2) is 0 Å². The van der Waals surface area contributed by atoms with Crippen LogP contribution in [0.3, 0.4) is 0 Å². The quantitative estimate of drug-likeness (QED) is 0.625. The molecule has 2 rings (SSSR count). The van der Waals surface area contributed by atoms with Gasteiger partial charge in [0, 0.05) is 18.3 Å². The second-order valence-electron chi connectivity index (χ2n) is 4.29. The van der Waals surface area contributed by atoms with E-state index in [1.807, 2.05) is 16.7 Å². The van der Waals surface area contributed by atoms with Crippen LogP contribution in [-0.2, 0) is 0 Å². The fraction of sp³-hybridized carbons (Fsp3) is 0.500. The number of nitro benzene ring substituents is 1. The molecule has 0 aliphatic carbocycles. The van der Waals surface area contributed by atoms with Crippen molar-refractivity contribution in [2.45, 2.75) is 18.1 Å². The van der Waals surface area contributed by atoms with Crippen molar-refractivity contribution in [1.82, 2.24) is 0 Å². The first kappa shape index (κ1) is 13.1. The monoisotopic (exact) mass is 270 g/mol. The minimum atomic E-state index is -0.760. The van der Waals surface area contributed by atoms with E-state index in [1.54, 1.807) is 6.07 Å². The maximum atomic E-state index is 13.5. The molecule has 1 aliphatic rings. The number of thioether (sulfide) groups is 1. The van der Waals surface area contributed by atoms with Crippen LogP contribution in [0.25, 0.3) is 0 Å². The molecule has 0 amide bonds. The number of anilines is 1. The number of benzene rings is 1. The van der Waals surface area contributed by atoms with Crippen molar-refractivity contribution in [2.24, 2.45) is 0 Å². The molecule has 0 radical (unpaired) electrons. The van der Waals surface area contributed by atoms with Gasteiger partial charge in [-0.1, -0.05) is 6.07 Å². The Morgan fingerprint density at radius 1 is 1.44 bits per heavy atom. The van der Waals surface area contributed by atoms with Crippen molar-refractivity contribution in [3.05, 3.63) is 34.1 Å². The van der Waals surface area contributed by atoms with E-state index in [-0.39, 0.29) is 0 Å². The van der Waals surface area contributed by atoms with Gasteiger partial charge in [-0.05, 0) is 31.2 Å². The van der Waals surface area contributed by atoms with Gasteiger partial charge in [0.25, 0.3) is 0 Å². The Kier molecular flexibility index (Phi) is 4.06. The SMILES string of the molecule is CSC1CCN(c2cccc(F)c2[N+](=O)[O-])CC1. The predicted molar refractivity (Wildman–Crippen MR) is 71.8 cm³/mol. The lowest BCUT2D eigenvalue weighted by atomic mass is 10.1. The third-order valence-electron chi connectivity index (χ3n) is 3.26. The lowest BCUT2D eigenvalue weighted by Gasteiger charge is -2.32. The van der Waals surface area contributed by atoms with Gasteiger partial charge in [-0.2, -0.15) is 16.2 Å². The molecule has 0 atom stereocenters. The highest BCUT2D eigenvalue weighted by atomic mass is 32.2. The molecule has 1 aliphatic heterocycles. The van der Waals surface area contributed by atoms with Crippen molar-refractivity contribution in [3.8, 4) is 0 Å². The zero-order valence-corrected chi connectivity index (χ0v) is 11.0. The Morgan fingerprint density at radius 2 is 2.11 bits per heavy atom. The zero-order valence-electron chi connectivity index (χ0n) is 10.1.